The third-order valence-corrected chi connectivity index (χ3v) is 2.82. The number of nitrogens with one attached hydrogen (secondary N) is 3. The Morgan fingerprint density at radius 2 is 1.71 bits per heavy atom. The van der Waals surface area contributed by atoms with Gasteiger partial charge in [0.25, 0.3) is 0 Å². The van der Waals surface area contributed by atoms with Crippen LogP contribution in [-0.2, 0) is 4.79 Å². The van der Waals surface area contributed by atoms with Crippen LogP contribution in [0.2, 0.25) is 0 Å². The molecule has 0 aliphatic heterocycles. The van der Waals surface area contributed by atoms with Gasteiger partial charge >= 0.3 is 0 Å². The average Bonchev–Trinajstić information content (AvgIpc) is 2.48. The largest absolute Gasteiger partial charge is 0.370 e. The quantitative estimate of drug-likeness (QED) is 0.651. The summed E-state index contributed by atoms with van der Waals surface area (Å²) in [6.07, 6.45) is 1.96. The van der Waals surface area contributed by atoms with Crippen molar-refractivity contribution in [2.75, 3.05) is 30.3 Å². The zero-order valence-electron chi connectivity index (χ0n) is 13.5. The molecule has 0 unspecified atom stereocenters. The highest BCUT2D eigenvalue weighted by Gasteiger charge is 2.09. The number of nitrogens with zero attached hydrogens (tertiary/aromatic N) is 2. The Bertz CT molecular complexity index is 448. The minimum atomic E-state index is -0.0235. The highest BCUT2D eigenvalue weighted by atomic mass is 16.1. The Morgan fingerprint density at radius 1 is 1.10 bits per heavy atom. The van der Waals surface area contributed by atoms with E-state index >= 15 is 0 Å². The number of hydrogen-bond acceptors (Lipinski definition) is 5. The second-order valence-electron chi connectivity index (χ2n) is 5.28. The first kappa shape index (κ1) is 17.2. The second kappa shape index (κ2) is 9.15. The van der Waals surface area contributed by atoms with E-state index in [4.69, 9.17) is 0 Å². The first-order valence-electron chi connectivity index (χ1n) is 7.70. The first-order chi connectivity index (χ1) is 10.1. The van der Waals surface area contributed by atoms with Crippen molar-refractivity contribution in [1.29, 1.82) is 0 Å². The molecular weight excluding hydrogens is 266 g/mol. The van der Waals surface area contributed by atoms with Crippen LogP contribution >= 0.6 is 0 Å². The van der Waals surface area contributed by atoms with E-state index in [0.717, 1.165) is 31.0 Å². The van der Waals surface area contributed by atoms with Crippen LogP contribution in [0.25, 0.3) is 0 Å². The smallest absolute Gasteiger partial charge is 0.239 e. The lowest BCUT2D eigenvalue weighted by Crippen LogP contribution is -2.30. The van der Waals surface area contributed by atoms with Gasteiger partial charge in [-0.2, -0.15) is 0 Å². The van der Waals surface area contributed by atoms with Gasteiger partial charge < -0.3 is 16.0 Å². The van der Waals surface area contributed by atoms with Gasteiger partial charge in [-0.3, -0.25) is 4.79 Å². The molecule has 6 heteroatoms. The standard InChI is InChI=1S/C15H27N5O/c1-5-7-16-12-9-13(20-15(19-12)11(3)4)18-10-14(21)17-8-6-2/h9,11H,5-8,10H2,1-4H3,(H,17,21)(H2,16,18,19,20). The summed E-state index contributed by atoms with van der Waals surface area (Å²) in [7, 11) is 0. The zero-order chi connectivity index (χ0) is 15.7. The number of amides is 1. The fourth-order valence-corrected chi connectivity index (χ4v) is 1.66. The van der Waals surface area contributed by atoms with Crippen molar-refractivity contribution in [3.63, 3.8) is 0 Å². The van der Waals surface area contributed by atoms with Crippen LogP contribution in [-0.4, -0.2) is 35.5 Å². The Kier molecular flexibility index (Phi) is 7.50. The number of rotatable bonds is 9. The van der Waals surface area contributed by atoms with Crippen LogP contribution in [0.15, 0.2) is 6.07 Å². The predicted molar refractivity (Wildman–Crippen MR) is 86.7 cm³/mol. The molecule has 0 aliphatic rings. The SMILES string of the molecule is CCCNC(=O)CNc1cc(NCCC)nc(C(C)C)n1. The maximum atomic E-state index is 11.6. The fourth-order valence-electron chi connectivity index (χ4n) is 1.66. The Morgan fingerprint density at radius 3 is 2.29 bits per heavy atom. The molecule has 0 radical (unpaired) electrons. The topological polar surface area (TPSA) is 78.9 Å². The molecular formula is C15H27N5O. The first-order valence-corrected chi connectivity index (χ1v) is 7.70. The van der Waals surface area contributed by atoms with Crippen LogP contribution in [0.3, 0.4) is 0 Å². The molecule has 6 nitrogen and oxygen atoms in total. The van der Waals surface area contributed by atoms with Crippen molar-refractivity contribution >= 4 is 17.5 Å². The normalized spacial score (nSPS) is 10.5. The van der Waals surface area contributed by atoms with Crippen molar-refractivity contribution < 1.29 is 4.79 Å². The molecule has 0 atom stereocenters. The predicted octanol–water partition coefficient (Wildman–Crippen LogP) is 2.36. The van der Waals surface area contributed by atoms with Gasteiger partial charge in [0, 0.05) is 25.1 Å². The van der Waals surface area contributed by atoms with Gasteiger partial charge in [0.15, 0.2) is 0 Å². The van der Waals surface area contributed by atoms with Gasteiger partial charge in [0.05, 0.1) is 6.54 Å². The molecule has 0 aromatic carbocycles. The summed E-state index contributed by atoms with van der Waals surface area (Å²) < 4.78 is 0. The van der Waals surface area contributed by atoms with Crippen LogP contribution in [0.1, 0.15) is 52.3 Å². The molecule has 3 N–H and O–H groups in total. The molecule has 118 valence electrons. The van der Waals surface area contributed by atoms with Crippen LogP contribution in [0, 0.1) is 0 Å². The monoisotopic (exact) mass is 293 g/mol. The minimum absolute atomic E-state index is 0.0235. The molecule has 0 aliphatic carbocycles. The van der Waals surface area contributed by atoms with E-state index in [-0.39, 0.29) is 18.4 Å². The summed E-state index contributed by atoms with van der Waals surface area (Å²) in [6.45, 7) is 10.0. The van der Waals surface area contributed by atoms with Crippen molar-refractivity contribution in [2.24, 2.45) is 0 Å². The van der Waals surface area contributed by atoms with E-state index in [9.17, 15) is 4.79 Å². The molecule has 0 spiro atoms. The summed E-state index contributed by atoms with van der Waals surface area (Å²) in [4.78, 5) is 20.6. The lowest BCUT2D eigenvalue weighted by Gasteiger charge is -2.12. The summed E-state index contributed by atoms with van der Waals surface area (Å²) in [5.41, 5.74) is 0. The van der Waals surface area contributed by atoms with Crippen LogP contribution in [0.5, 0.6) is 0 Å². The van der Waals surface area contributed by atoms with Crippen molar-refractivity contribution in [3.8, 4) is 0 Å². The van der Waals surface area contributed by atoms with Gasteiger partial charge in [-0.05, 0) is 12.8 Å². The van der Waals surface area contributed by atoms with Gasteiger partial charge in [-0.25, -0.2) is 9.97 Å². The third-order valence-electron chi connectivity index (χ3n) is 2.82. The molecule has 0 saturated heterocycles. The third kappa shape index (κ3) is 6.42. The number of hydrogen-bond donors (Lipinski definition) is 3. The lowest BCUT2D eigenvalue weighted by molar-refractivity contribution is -0.119. The number of aromatic nitrogens is 2. The van der Waals surface area contributed by atoms with Gasteiger partial charge in [-0.1, -0.05) is 27.7 Å². The van der Waals surface area contributed by atoms with Crippen LogP contribution < -0.4 is 16.0 Å². The fraction of sp³-hybridized carbons (Fsp3) is 0.667. The molecule has 0 saturated carbocycles. The molecule has 0 fully saturated rings. The number of carbonyl (C=O) groups excluding carboxylic acids is 1. The molecule has 1 heterocycles. The molecule has 1 aromatic heterocycles. The van der Waals surface area contributed by atoms with Crippen molar-refractivity contribution in [3.05, 3.63) is 11.9 Å². The van der Waals surface area contributed by atoms with Crippen molar-refractivity contribution in [1.82, 2.24) is 15.3 Å². The Labute approximate surface area is 127 Å². The molecule has 1 aromatic rings. The van der Waals surface area contributed by atoms with E-state index in [1.54, 1.807) is 0 Å². The van der Waals surface area contributed by atoms with Gasteiger partial charge in [-0.15, -0.1) is 0 Å². The number of carbonyl (C=O) groups is 1. The van der Waals surface area contributed by atoms with Crippen molar-refractivity contribution in [2.45, 2.75) is 46.5 Å². The summed E-state index contributed by atoms with van der Waals surface area (Å²) in [5.74, 6) is 2.46. The Balaban J connectivity index is 2.70. The van der Waals surface area contributed by atoms with E-state index in [1.165, 1.54) is 0 Å². The minimum Gasteiger partial charge on any atom is -0.370 e. The highest BCUT2D eigenvalue weighted by Crippen LogP contribution is 2.16. The number of anilines is 2. The summed E-state index contributed by atoms with van der Waals surface area (Å²) >= 11 is 0. The van der Waals surface area contributed by atoms with E-state index in [1.807, 2.05) is 13.0 Å². The van der Waals surface area contributed by atoms with E-state index in [0.29, 0.717) is 12.4 Å². The van der Waals surface area contributed by atoms with Crippen LogP contribution in [0.4, 0.5) is 11.6 Å². The molecule has 0 bridgehead atoms. The van der Waals surface area contributed by atoms with Gasteiger partial charge in [0.1, 0.15) is 17.5 Å². The van der Waals surface area contributed by atoms with E-state index < -0.39 is 0 Å². The zero-order valence-corrected chi connectivity index (χ0v) is 13.5. The maximum absolute atomic E-state index is 11.6. The molecule has 21 heavy (non-hydrogen) atoms. The average molecular weight is 293 g/mol. The van der Waals surface area contributed by atoms with E-state index in [2.05, 4.69) is 46.7 Å². The highest BCUT2D eigenvalue weighted by molar-refractivity contribution is 5.80. The van der Waals surface area contributed by atoms with Gasteiger partial charge in [0.2, 0.25) is 5.91 Å². The maximum Gasteiger partial charge on any atom is 0.239 e. The molecule has 1 rings (SSSR count). The molecule has 1 amide bonds. The Hall–Kier alpha value is -1.85. The second-order valence-corrected chi connectivity index (χ2v) is 5.28. The summed E-state index contributed by atoms with van der Waals surface area (Å²) in [6, 6.07) is 1.84. The summed E-state index contributed by atoms with van der Waals surface area (Å²) in [5, 5.41) is 9.15. The lowest BCUT2D eigenvalue weighted by atomic mass is 10.2.